The van der Waals surface area contributed by atoms with Gasteiger partial charge in [0.2, 0.25) is 0 Å². The van der Waals surface area contributed by atoms with Crippen molar-refractivity contribution in [1.29, 1.82) is 0 Å². The maximum atomic E-state index is 10.8. The molecule has 0 aliphatic carbocycles. The Balaban J connectivity index is 2.09. The number of hydrogen-bond donors (Lipinski definition) is 1. The van der Waals surface area contributed by atoms with Gasteiger partial charge in [-0.1, -0.05) is 11.6 Å². The molecule has 0 amide bonds. The third-order valence-electron chi connectivity index (χ3n) is 3.47. The summed E-state index contributed by atoms with van der Waals surface area (Å²) >= 11 is 6.09. The van der Waals surface area contributed by atoms with E-state index in [4.69, 9.17) is 11.6 Å². The second-order valence-electron chi connectivity index (χ2n) is 5.00. The maximum Gasteiger partial charge on any atom is 0.271 e. The fraction of sp³-hybridized carbons (Fsp3) is 0.538. The van der Waals surface area contributed by atoms with Gasteiger partial charge in [0.1, 0.15) is 0 Å². The molecule has 2 rings (SSSR count). The average molecular weight is 284 g/mol. The molecule has 1 saturated heterocycles. The van der Waals surface area contributed by atoms with Crippen LogP contribution < -0.4 is 5.32 Å². The molecule has 104 valence electrons. The summed E-state index contributed by atoms with van der Waals surface area (Å²) in [5.41, 5.74) is 0.725. The van der Waals surface area contributed by atoms with Gasteiger partial charge in [-0.15, -0.1) is 0 Å². The molecule has 6 heteroatoms. The Morgan fingerprint density at radius 1 is 1.42 bits per heavy atom. The van der Waals surface area contributed by atoms with Crippen molar-refractivity contribution >= 4 is 23.0 Å². The predicted molar refractivity (Wildman–Crippen MR) is 76.9 cm³/mol. The minimum absolute atomic E-state index is 0.0673. The van der Waals surface area contributed by atoms with Crippen molar-refractivity contribution in [2.24, 2.45) is 0 Å². The lowest BCUT2D eigenvalue weighted by Crippen LogP contribution is -2.23. The van der Waals surface area contributed by atoms with Crippen LogP contribution in [0.5, 0.6) is 0 Å². The Hall–Kier alpha value is -1.33. The van der Waals surface area contributed by atoms with Crippen molar-refractivity contribution in [3.8, 4) is 0 Å². The number of halogens is 1. The molecule has 0 spiro atoms. The number of non-ortho nitro benzene ring substituents is 1. The molecule has 1 aliphatic rings. The van der Waals surface area contributed by atoms with Crippen LogP contribution in [0.1, 0.15) is 19.3 Å². The highest BCUT2D eigenvalue weighted by Crippen LogP contribution is 2.28. The van der Waals surface area contributed by atoms with E-state index < -0.39 is 4.92 Å². The fourth-order valence-electron chi connectivity index (χ4n) is 2.34. The number of nitro groups is 1. The standard InChI is InChI=1S/C13H18ClN3O2/c1-16-7-2-3-10(6-8-16)15-13-9-11(17(18)19)4-5-12(13)14/h4-5,9-10,15H,2-3,6-8H2,1H3. The van der Waals surface area contributed by atoms with Crippen LogP contribution in [0, 0.1) is 10.1 Å². The first kappa shape index (κ1) is 14.1. The summed E-state index contributed by atoms with van der Waals surface area (Å²) in [4.78, 5) is 12.7. The summed E-state index contributed by atoms with van der Waals surface area (Å²) in [6, 6.07) is 4.83. The van der Waals surface area contributed by atoms with Gasteiger partial charge in [-0.2, -0.15) is 0 Å². The molecule has 1 atom stereocenters. The number of anilines is 1. The SMILES string of the molecule is CN1CCCC(Nc2cc([N+](=O)[O-])ccc2Cl)CC1. The Bertz CT molecular complexity index is 467. The largest absolute Gasteiger partial charge is 0.381 e. The molecule has 5 nitrogen and oxygen atoms in total. The molecule has 1 aliphatic heterocycles. The third kappa shape index (κ3) is 3.81. The van der Waals surface area contributed by atoms with Crippen LogP contribution >= 0.6 is 11.6 Å². The maximum absolute atomic E-state index is 10.8. The molecule has 1 aromatic rings. The summed E-state index contributed by atoms with van der Waals surface area (Å²) in [6.07, 6.45) is 3.21. The third-order valence-corrected chi connectivity index (χ3v) is 3.80. The van der Waals surface area contributed by atoms with Crippen molar-refractivity contribution in [1.82, 2.24) is 4.90 Å². The first-order valence-electron chi connectivity index (χ1n) is 6.45. The number of likely N-dealkylation sites (tertiary alicyclic amines) is 1. The first-order valence-corrected chi connectivity index (χ1v) is 6.83. The van der Waals surface area contributed by atoms with E-state index >= 15 is 0 Å². The van der Waals surface area contributed by atoms with Gasteiger partial charge >= 0.3 is 0 Å². The van der Waals surface area contributed by atoms with Gasteiger partial charge in [0.25, 0.3) is 5.69 Å². The number of hydrogen-bond acceptors (Lipinski definition) is 4. The molecular weight excluding hydrogens is 266 g/mol. The topological polar surface area (TPSA) is 58.4 Å². The van der Waals surface area contributed by atoms with Gasteiger partial charge < -0.3 is 10.2 Å². The lowest BCUT2D eigenvalue weighted by atomic mass is 10.1. The summed E-state index contributed by atoms with van der Waals surface area (Å²) in [6.45, 7) is 2.13. The Kier molecular flexibility index (Phi) is 4.61. The molecule has 0 bridgehead atoms. The van der Waals surface area contributed by atoms with Gasteiger partial charge in [0.15, 0.2) is 0 Å². The highest BCUT2D eigenvalue weighted by atomic mass is 35.5. The van der Waals surface area contributed by atoms with Gasteiger partial charge in [0, 0.05) is 18.2 Å². The summed E-state index contributed by atoms with van der Waals surface area (Å²) < 4.78 is 0. The second kappa shape index (κ2) is 6.21. The van der Waals surface area contributed by atoms with Crippen molar-refractivity contribution in [3.63, 3.8) is 0 Å². The predicted octanol–water partition coefficient (Wildman–Crippen LogP) is 3.14. The number of benzene rings is 1. The number of nitro benzene ring substituents is 1. The van der Waals surface area contributed by atoms with E-state index in [0.717, 1.165) is 32.4 Å². The quantitative estimate of drug-likeness (QED) is 0.684. The molecule has 1 aromatic carbocycles. The summed E-state index contributed by atoms with van der Waals surface area (Å²) in [5, 5.41) is 14.7. The van der Waals surface area contributed by atoms with Crippen LogP contribution in [0.4, 0.5) is 11.4 Å². The van der Waals surface area contributed by atoms with E-state index in [1.54, 1.807) is 6.07 Å². The van der Waals surface area contributed by atoms with E-state index in [1.165, 1.54) is 12.1 Å². The van der Waals surface area contributed by atoms with Gasteiger partial charge in [0.05, 0.1) is 15.6 Å². The molecule has 1 fully saturated rings. The second-order valence-corrected chi connectivity index (χ2v) is 5.40. The van der Waals surface area contributed by atoms with Crippen LogP contribution in [0.25, 0.3) is 0 Å². The van der Waals surface area contributed by atoms with Gasteiger partial charge in [-0.05, 0) is 45.5 Å². The molecule has 19 heavy (non-hydrogen) atoms. The highest BCUT2D eigenvalue weighted by Gasteiger charge is 2.17. The van der Waals surface area contributed by atoms with Crippen LogP contribution in [-0.2, 0) is 0 Å². The zero-order valence-electron chi connectivity index (χ0n) is 10.9. The molecule has 0 radical (unpaired) electrons. The summed E-state index contributed by atoms with van der Waals surface area (Å²) in [5.74, 6) is 0. The monoisotopic (exact) mass is 283 g/mol. The van der Waals surface area contributed by atoms with Gasteiger partial charge in [-0.3, -0.25) is 10.1 Å². The summed E-state index contributed by atoms with van der Waals surface area (Å²) in [7, 11) is 2.11. The molecule has 1 heterocycles. The lowest BCUT2D eigenvalue weighted by Gasteiger charge is -2.18. The molecule has 0 aromatic heterocycles. The minimum atomic E-state index is -0.400. The molecule has 1 N–H and O–H groups in total. The molecular formula is C13H18ClN3O2. The van der Waals surface area contributed by atoms with E-state index in [-0.39, 0.29) is 5.69 Å². The Labute approximate surface area is 117 Å². The van der Waals surface area contributed by atoms with Gasteiger partial charge in [-0.25, -0.2) is 0 Å². The zero-order valence-corrected chi connectivity index (χ0v) is 11.7. The Morgan fingerprint density at radius 2 is 2.21 bits per heavy atom. The molecule has 0 saturated carbocycles. The lowest BCUT2D eigenvalue weighted by molar-refractivity contribution is -0.384. The van der Waals surface area contributed by atoms with E-state index in [2.05, 4.69) is 17.3 Å². The van der Waals surface area contributed by atoms with Crippen LogP contribution in [-0.4, -0.2) is 36.0 Å². The van der Waals surface area contributed by atoms with Crippen molar-refractivity contribution in [3.05, 3.63) is 33.3 Å². The smallest absolute Gasteiger partial charge is 0.271 e. The van der Waals surface area contributed by atoms with Crippen LogP contribution in [0.3, 0.4) is 0 Å². The van der Waals surface area contributed by atoms with Crippen LogP contribution in [0.2, 0.25) is 5.02 Å². The fourth-order valence-corrected chi connectivity index (χ4v) is 2.51. The zero-order chi connectivity index (χ0) is 13.8. The van der Waals surface area contributed by atoms with Crippen molar-refractivity contribution in [2.75, 3.05) is 25.5 Å². The van der Waals surface area contributed by atoms with E-state index in [1.807, 2.05) is 0 Å². The van der Waals surface area contributed by atoms with E-state index in [9.17, 15) is 10.1 Å². The van der Waals surface area contributed by atoms with Crippen LogP contribution in [0.15, 0.2) is 18.2 Å². The number of nitrogens with zero attached hydrogens (tertiary/aromatic N) is 2. The van der Waals surface area contributed by atoms with Crippen molar-refractivity contribution in [2.45, 2.75) is 25.3 Å². The highest BCUT2D eigenvalue weighted by molar-refractivity contribution is 6.33. The van der Waals surface area contributed by atoms with Crippen molar-refractivity contribution < 1.29 is 4.92 Å². The Morgan fingerprint density at radius 3 is 2.95 bits per heavy atom. The minimum Gasteiger partial charge on any atom is -0.381 e. The first-order chi connectivity index (χ1) is 9.06. The molecule has 1 unspecified atom stereocenters. The number of nitrogens with one attached hydrogen (secondary N) is 1. The number of rotatable bonds is 3. The van der Waals surface area contributed by atoms with E-state index in [0.29, 0.717) is 16.8 Å². The normalized spacial score (nSPS) is 20.8. The average Bonchev–Trinajstić information content (AvgIpc) is 2.57.